The molecule has 2 aromatic rings. The van der Waals surface area contributed by atoms with Crippen LogP contribution in [0.5, 0.6) is 11.5 Å². The molecular formula is C10H10N4O2S. The van der Waals surface area contributed by atoms with Gasteiger partial charge >= 0.3 is 0 Å². The van der Waals surface area contributed by atoms with Crippen LogP contribution in [0.1, 0.15) is 5.82 Å². The van der Waals surface area contributed by atoms with Crippen molar-refractivity contribution in [3.8, 4) is 11.5 Å². The van der Waals surface area contributed by atoms with Crippen molar-refractivity contribution in [2.75, 3.05) is 7.11 Å². The van der Waals surface area contributed by atoms with Crippen molar-refractivity contribution in [2.45, 2.75) is 6.92 Å². The smallest absolute Gasteiger partial charge is 0.249 e. The molecule has 0 unspecified atom stereocenters. The van der Waals surface area contributed by atoms with E-state index in [9.17, 15) is 5.11 Å². The van der Waals surface area contributed by atoms with E-state index < -0.39 is 0 Å². The number of azo groups is 1. The SMILES string of the molecule is COc1cc(N=Nc2nc(C)ns2)ccc1O. The van der Waals surface area contributed by atoms with Gasteiger partial charge in [-0.25, -0.2) is 4.98 Å². The predicted octanol–water partition coefficient (Wildman–Crippen LogP) is 2.98. The van der Waals surface area contributed by atoms with Gasteiger partial charge in [-0.15, -0.1) is 10.2 Å². The van der Waals surface area contributed by atoms with E-state index in [1.165, 1.54) is 24.7 Å². The molecule has 1 aromatic heterocycles. The number of aryl methyl sites for hydroxylation is 1. The van der Waals surface area contributed by atoms with E-state index in [2.05, 4.69) is 19.6 Å². The third kappa shape index (κ3) is 2.76. The predicted molar refractivity (Wildman–Crippen MR) is 63.5 cm³/mol. The molecular weight excluding hydrogens is 240 g/mol. The molecule has 0 saturated heterocycles. The number of ether oxygens (including phenoxy) is 1. The van der Waals surface area contributed by atoms with Crippen LogP contribution in [0.4, 0.5) is 10.8 Å². The molecule has 0 aliphatic heterocycles. The van der Waals surface area contributed by atoms with Gasteiger partial charge in [-0.3, -0.25) is 0 Å². The Bertz CT molecular complexity index is 553. The molecule has 0 radical (unpaired) electrons. The minimum absolute atomic E-state index is 0.0678. The standard InChI is InChI=1S/C10H10N4O2S/c1-6-11-10(17-14-6)13-12-7-3-4-8(15)9(5-7)16-2/h3-5,15H,1-2H3. The molecule has 0 aliphatic rings. The van der Waals surface area contributed by atoms with Gasteiger partial charge in [0, 0.05) is 17.6 Å². The number of hydrogen-bond acceptors (Lipinski definition) is 7. The molecule has 0 saturated carbocycles. The summed E-state index contributed by atoms with van der Waals surface area (Å²) in [5.41, 5.74) is 0.576. The van der Waals surface area contributed by atoms with E-state index in [1.807, 2.05) is 0 Å². The number of benzene rings is 1. The van der Waals surface area contributed by atoms with Crippen LogP contribution >= 0.6 is 11.5 Å². The molecule has 0 atom stereocenters. The van der Waals surface area contributed by atoms with E-state index >= 15 is 0 Å². The topological polar surface area (TPSA) is 80.0 Å². The molecule has 6 nitrogen and oxygen atoms in total. The molecule has 1 N–H and O–H groups in total. The summed E-state index contributed by atoms with van der Waals surface area (Å²) in [6.07, 6.45) is 0. The zero-order valence-electron chi connectivity index (χ0n) is 9.28. The quantitative estimate of drug-likeness (QED) is 0.849. The van der Waals surface area contributed by atoms with E-state index in [4.69, 9.17) is 4.74 Å². The maximum absolute atomic E-state index is 9.41. The normalized spacial score (nSPS) is 10.9. The van der Waals surface area contributed by atoms with E-state index in [-0.39, 0.29) is 5.75 Å². The van der Waals surface area contributed by atoms with Crippen LogP contribution in [-0.2, 0) is 0 Å². The number of phenolic OH excluding ortho intramolecular Hbond substituents is 1. The fourth-order valence-corrected chi connectivity index (χ4v) is 1.66. The Morgan fingerprint density at radius 1 is 1.35 bits per heavy atom. The summed E-state index contributed by atoms with van der Waals surface area (Å²) in [4.78, 5) is 4.05. The molecule has 1 heterocycles. The van der Waals surface area contributed by atoms with Crippen molar-refractivity contribution in [2.24, 2.45) is 10.2 Å². The van der Waals surface area contributed by atoms with Gasteiger partial charge in [0.05, 0.1) is 12.8 Å². The van der Waals surface area contributed by atoms with Crippen molar-refractivity contribution in [1.29, 1.82) is 0 Å². The molecule has 17 heavy (non-hydrogen) atoms. The lowest BCUT2D eigenvalue weighted by Crippen LogP contribution is -1.82. The Balaban J connectivity index is 2.21. The minimum atomic E-state index is 0.0678. The average Bonchev–Trinajstić information content (AvgIpc) is 2.74. The third-order valence-electron chi connectivity index (χ3n) is 1.93. The molecule has 0 aliphatic carbocycles. The van der Waals surface area contributed by atoms with Crippen molar-refractivity contribution in [3.05, 3.63) is 24.0 Å². The second kappa shape index (κ2) is 4.88. The number of methoxy groups -OCH3 is 1. The second-order valence-electron chi connectivity index (χ2n) is 3.18. The summed E-state index contributed by atoms with van der Waals surface area (Å²) in [5, 5.41) is 17.8. The fourth-order valence-electron chi connectivity index (χ4n) is 1.16. The first-order valence-electron chi connectivity index (χ1n) is 4.78. The van der Waals surface area contributed by atoms with Gasteiger partial charge < -0.3 is 9.84 Å². The fraction of sp³-hybridized carbons (Fsp3) is 0.200. The van der Waals surface area contributed by atoms with Crippen LogP contribution in [0.15, 0.2) is 28.4 Å². The lowest BCUT2D eigenvalue weighted by molar-refractivity contribution is 0.373. The maximum Gasteiger partial charge on any atom is 0.249 e. The highest BCUT2D eigenvalue weighted by Crippen LogP contribution is 2.30. The lowest BCUT2D eigenvalue weighted by Gasteiger charge is -2.02. The first kappa shape index (κ1) is 11.5. The van der Waals surface area contributed by atoms with Gasteiger partial charge in [0.15, 0.2) is 11.5 Å². The second-order valence-corrected chi connectivity index (χ2v) is 3.91. The Labute approximate surface area is 102 Å². The Morgan fingerprint density at radius 2 is 2.18 bits per heavy atom. The summed E-state index contributed by atoms with van der Waals surface area (Å²) >= 11 is 1.18. The van der Waals surface area contributed by atoms with Crippen LogP contribution in [0.3, 0.4) is 0 Å². The van der Waals surface area contributed by atoms with Gasteiger partial charge in [0.2, 0.25) is 5.13 Å². The number of aromatic hydroxyl groups is 1. The van der Waals surface area contributed by atoms with Gasteiger partial charge in [-0.05, 0) is 19.1 Å². The molecule has 0 amide bonds. The zero-order valence-corrected chi connectivity index (χ0v) is 10.1. The van der Waals surface area contributed by atoms with Gasteiger partial charge in [-0.1, -0.05) is 0 Å². The molecule has 0 spiro atoms. The number of hydrogen-bond donors (Lipinski definition) is 1. The molecule has 0 bridgehead atoms. The Kier molecular flexibility index (Phi) is 3.29. The third-order valence-corrected chi connectivity index (χ3v) is 2.62. The summed E-state index contributed by atoms with van der Waals surface area (Å²) in [6.45, 7) is 1.79. The van der Waals surface area contributed by atoms with E-state index in [0.29, 0.717) is 22.4 Å². The van der Waals surface area contributed by atoms with Crippen molar-refractivity contribution >= 4 is 22.4 Å². The van der Waals surface area contributed by atoms with Crippen molar-refractivity contribution < 1.29 is 9.84 Å². The largest absolute Gasteiger partial charge is 0.504 e. The summed E-state index contributed by atoms with van der Waals surface area (Å²) in [7, 11) is 1.48. The highest BCUT2D eigenvalue weighted by atomic mass is 32.1. The van der Waals surface area contributed by atoms with Crippen molar-refractivity contribution in [1.82, 2.24) is 9.36 Å². The first-order valence-corrected chi connectivity index (χ1v) is 5.55. The maximum atomic E-state index is 9.41. The van der Waals surface area contributed by atoms with Crippen LogP contribution in [0, 0.1) is 6.92 Å². The molecule has 88 valence electrons. The molecule has 0 fully saturated rings. The first-order chi connectivity index (χ1) is 8.19. The van der Waals surface area contributed by atoms with E-state index in [1.54, 1.807) is 19.1 Å². The Hall–Kier alpha value is -2.02. The number of rotatable bonds is 3. The highest BCUT2D eigenvalue weighted by molar-refractivity contribution is 7.09. The van der Waals surface area contributed by atoms with Crippen molar-refractivity contribution in [3.63, 3.8) is 0 Å². The number of phenols is 1. The lowest BCUT2D eigenvalue weighted by atomic mass is 10.3. The highest BCUT2D eigenvalue weighted by Gasteiger charge is 2.02. The van der Waals surface area contributed by atoms with Crippen LogP contribution < -0.4 is 4.74 Å². The number of nitrogens with zero attached hydrogens (tertiary/aromatic N) is 4. The average molecular weight is 250 g/mol. The minimum Gasteiger partial charge on any atom is -0.504 e. The summed E-state index contributed by atoms with van der Waals surface area (Å²) in [6, 6.07) is 4.72. The molecule has 7 heteroatoms. The summed E-state index contributed by atoms with van der Waals surface area (Å²) in [5.74, 6) is 1.10. The van der Waals surface area contributed by atoms with Crippen LogP contribution in [-0.4, -0.2) is 21.6 Å². The number of aromatic nitrogens is 2. The Morgan fingerprint density at radius 3 is 2.82 bits per heavy atom. The van der Waals surface area contributed by atoms with E-state index in [0.717, 1.165) is 0 Å². The molecule has 1 aromatic carbocycles. The van der Waals surface area contributed by atoms with Gasteiger partial charge in [0.25, 0.3) is 0 Å². The summed E-state index contributed by atoms with van der Waals surface area (Å²) < 4.78 is 8.95. The molecule has 2 rings (SSSR count). The van der Waals surface area contributed by atoms with Gasteiger partial charge in [-0.2, -0.15) is 4.37 Å². The zero-order chi connectivity index (χ0) is 12.3. The van der Waals surface area contributed by atoms with Crippen LogP contribution in [0.25, 0.3) is 0 Å². The monoisotopic (exact) mass is 250 g/mol. The van der Waals surface area contributed by atoms with Crippen LogP contribution in [0.2, 0.25) is 0 Å². The van der Waals surface area contributed by atoms with Gasteiger partial charge in [0.1, 0.15) is 5.82 Å².